The number of H-pyrrole nitrogens is 1. The second-order valence-electron chi connectivity index (χ2n) is 9.96. The molecule has 0 spiro atoms. The third-order valence-corrected chi connectivity index (χ3v) is 8.08. The van der Waals surface area contributed by atoms with Crippen molar-refractivity contribution in [3.63, 3.8) is 0 Å². The third-order valence-electron chi connectivity index (χ3n) is 7.83. The van der Waals surface area contributed by atoms with Crippen molar-refractivity contribution in [2.24, 2.45) is 0 Å². The van der Waals surface area contributed by atoms with Crippen LogP contribution in [0.5, 0.6) is 0 Å². The fraction of sp³-hybridized carbons (Fsp3) is 0.267. The number of hydrogen-bond acceptors (Lipinski definition) is 2. The number of nitrogens with zero attached hydrogens (tertiary/aromatic N) is 2. The quantitative estimate of drug-likeness (QED) is 0.396. The van der Waals surface area contributed by atoms with Gasteiger partial charge in [-0.25, -0.2) is 0 Å². The van der Waals surface area contributed by atoms with E-state index in [1.807, 2.05) is 67.6 Å². The Balaban J connectivity index is 1.39. The highest BCUT2D eigenvalue weighted by Gasteiger charge is 2.56. The zero-order valence-electron chi connectivity index (χ0n) is 20.2. The molecule has 2 aliphatic heterocycles. The molecule has 5 nitrogen and oxygen atoms in total. The summed E-state index contributed by atoms with van der Waals surface area (Å²) in [6.45, 7) is 3.03. The fourth-order valence-corrected chi connectivity index (χ4v) is 6.10. The van der Waals surface area contributed by atoms with Gasteiger partial charge in [-0.3, -0.25) is 9.59 Å². The zero-order chi connectivity index (χ0) is 24.9. The van der Waals surface area contributed by atoms with Crippen molar-refractivity contribution in [1.82, 2.24) is 14.8 Å². The van der Waals surface area contributed by atoms with Gasteiger partial charge >= 0.3 is 0 Å². The average Bonchev–Trinajstić information content (AvgIpc) is 3.29. The van der Waals surface area contributed by atoms with E-state index in [-0.39, 0.29) is 24.3 Å². The molecular formula is C30H28ClN3O2. The van der Waals surface area contributed by atoms with Crippen LogP contribution in [0.3, 0.4) is 0 Å². The van der Waals surface area contributed by atoms with Gasteiger partial charge in [0.1, 0.15) is 0 Å². The number of aryl methyl sites for hydroxylation is 1. The highest BCUT2D eigenvalue weighted by molar-refractivity contribution is 6.30. The molecular weight excluding hydrogens is 470 g/mol. The SMILES string of the molecule is C[C@]12C(=O)N(CCCc3ccccc3)CC(=O)N1C[C@@H](c1ccc(Cl)cc1)c1c2[nH]c2ccccc12. The number of amides is 2. The first kappa shape index (κ1) is 22.9. The van der Waals surface area contributed by atoms with Crippen molar-refractivity contribution in [3.05, 3.63) is 106 Å². The van der Waals surface area contributed by atoms with Crippen LogP contribution in [-0.2, 0) is 21.5 Å². The molecule has 2 amide bonds. The van der Waals surface area contributed by atoms with Gasteiger partial charge in [-0.1, -0.05) is 72.3 Å². The van der Waals surface area contributed by atoms with Gasteiger partial charge in [-0.15, -0.1) is 0 Å². The largest absolute Gasteiger partial charge is 0.356 e. The van der Waals surface area contributed by atoms with Crippen LogP contribution >= 0.6 is 11.6 Å². The van der Waals surface area contributed by atoms with E-state index in [9.17, 15) is 9.59 Å². The molecule has 1 saturated heterocycles. The van der Waals surface area contributed by atoms with E-state index in [1.54, 1.807) is 9.80 Å². The minimum atomic E-state index is -1.07. The predicted octanol–water partition coefficient (Wildman–Crippen LogP) is 5.49. The first-order valence-corrected chi connectivity index (χ1v) is 12.8. The van der Waals surface area contributed by atoms with Crippen LogP contribution in [-0.4, -0.2) is 46.2 Å². The summed E-state index contributed by atoms with van der Waals surface area (Å²) < 4.78 is 0. The molecule has 1 fully saturated rings. The maximum absolute atomic E-state index is 14.1. The van der Waals surface area contributed by atoms with Gasteiger partial charge in [0.25, 0.3) is 5.91 Å². The monoisotopic (exact) mass is 497 g/mol. The molecule has 0 aliphatic carbocycles. The van der Waals surface area contributed by atoms with E-state index in [0.29, 0.717) is 18.1 Å². The summed E-state index contributed by atoms with van der Waals surface area (Å²) in [5, 5.41) is 1.77. The highest BCUT2D eigenvalue weighted by atomic mass is 35.5. The summed E-state index contributed by atoms with van der Waals surface area (Å²) in [4.78, 5) is 34.8. The summed E-state index contributed by atoms with van der Waals surface area (Å²) in [5.74, 6) is -0.0829. The topological polar surface area (TPSA) is 56.4 Å². The second kappa shape index (κ2) is 8.82. The van der Waals surface area contributed by atoms with Crippen molar-refractivity contribution in [3.8, 4) is 0 Å². The summed E-state index contributed by atoms with van der Waals surface area (Å²) >= 11 is 6.18. The molecule has 0 radical (unpaired) electrons. The van der Waals surface area contributed by atoms with Gasteiger partial charge in [0.05, 0.1) is 12.2 Å². The van der Waals surface area contributed by atoms with Crippen LogP contribution in [0.2, 0.25) is 5.02 Å². The summed E-state index contributed by atoms with van der Waals surface area (Å²) in [5.41, 5.74) is 4.14. The number of aromatic nitrogens is 1. The van der Waals surface area contributed by atoms with E-state index in [4.69, 9.17) is 11.6 Å². The normalized spacial score (nSPS) is 21.6. The van der Waals surface area contributed by atoms with Gasteiger partial charge in [0, 0.05) is 34.9 Å². The zero-order valence-corrected chi connectivity index (χ0v) is 21.0. The number of rotatable bonds is 5. The molecule has 2 atom stereocenters. The van der Waals surface area contributed by atoms with Crippen LogP contribution in [0.25, 0.3) is 10.9 Å². The molecule has 2 aliphatic rings. The van der Waals surface area contributed by atoms with Crippen molar-refractivity contribution < 1.29 is 9.59 Å². The molecule has 1 N–H and O–H groups in total. The molecule has 0 bridgehead atoms. The standard InChI is InChI=1S/C30H28ClN3O2/c1-30-28-27(23-11-5-6-12-25(23)32-28)24(21-13-15-22(31)16-14-21)18-34(30)26(35)19-33(29(30)36)17-7-10-20-8-3-2-4-9-20/h2-6,8-9,11-16,24,32H,7,10,17-19H2,1H3/t24-,30-/m0/s1. The van der Waals surface area contributed by atoms with Crippen LogP contribution < -0.4 is 0 Å². The maximum Gasteiger partial charge on any atom is 0.254 e. The number of carbonyl (C=O) groups excluding carboxylic acids is 2. The number of piperazine rings is 1. The van der Waals surface area contributed by atoms with Crippen LogP contribution in [0.1, 0.15) is 41.6 Å². The number of fused-ring (bicyclic) bond motifs is 5. The smallest absolute Gasteiger partial charge is 0.254 e. The van der Waals surface area contributed by atoms with Crippen LogP contribution in [0.4, 0.5) is 0 Å². The molecule has 36 heavy (non-hydrogen) atoms. The van der Waals surface area contributed by atoms with E-state index in [2.05, 4.69) is 23.2 Å². The lowest BCUT2D eigenvalue weighted by Gasteiger charge is -2.51. The van der Waals surface area contributed by atoms with Gasteiger partial charge in [-0.05, 0) is 54.7 Å². The Morgan fingerprint density at radius 1 is 0.972 bits per heavy atom. The number of para-hydroxylation sites is 1. The van der Waals surface area contributed by atoms with Crippen molar-refractivity contribution in [1.29, 1.82) is 0 Å². The van der Waals surface area contributed by atoms with E-state index < -0.39 is 5.54 Å². The number of aromatic amines is 1. The number of benzene rings is 3. The number of hydrogen-bond donors (Lipinski definition) is 1. The summed E-state index contributed by atoms with van der Waals surface area (Å²) in [7, 11) is 0. The van der Waals surface area contributed by atoms with Gasteiger partial charge in [0.2, 0.25) is 5.91 Å². The number of carbonyl (C=O) groups is 2. The van der Waals surface area contributed by atoms with Crippen LogP contribution in [0.15, 0.2) is 78.9 Å². The minimum absolute atomic E-state index is 0.0138. The van der Waals surface area contributed by atoms with E-state index in [1.165, 1.54) is 5.56 Å². The predicted molar refractivity (Wildman–Crippen MR) is 142 cm³/mol. The Hall–Kier alpha value is -3.57. The lowest BCUT2D eigenvalue weighted by molar-refractivity contribution is -0.166. The molecule has 6 heteroatoms. The molecule has 0 unspecified atom stereocenters. The number of halogens is 1. The van der Waals surface area contributed by atoms with Gasteiger partial charge < -0.3 is 14.8 Å². The summed E-state index contributed by atoms with van der Waals surface area (Å²) in [6.07, 6.45) is 1.68. The Bertz CT molecular complexity index is 1450. The summed E-state index contributed by atoms with van der Waals surface area (Å²) in [6, 6.07) is 26.2. The van der Waals surface area contributed by atoms with Crippen molar-refractivity contribution >= 4 is 34.3 Å². The van der Waals surface area contributed by atoms with Crippen LogP contribution in [0, 0.1) is 0 Å². The molecule has 6 rings (SSSR count). The Labute approximate surface area is 215 Å². The molecule has 3 aromatic carbocycles. The van der Waals surface area contributed by atoms with Gasteiger partial charge in [-0.2, -0.15) is 0 Å². The highest BCUT2D eigenvalue weighted by Crippen LogP contribution is 2.48. The first-order valence-electron chi connectivity index (χ1n) is 12.5. The Kier molecular flexibility index (Phi) is 5.60. The lowest BCUT2D eigenvalue weighted by atomic mass is 9.76. The maximum atomic E-state index is 14.1. The third kappa shape index (κ3) is 3.61. The molecule has 182 valence electrons. The molecule has 3 heterocycles. The Morgan fingerprint density at radius 2 is 1.69 bits per heavy atom. The number of nitrogens with one attached hydrogen (secondary N) is 1. The van der Waals surface area contributed by atoms with Gasteiger partial charge in [0.15, 0.2) is 5.54 Å². The van der Waals surface area contributed by atoms with E-state index in [0.717, 1.165) is 40.6 Å². The fourth-order valence-electron chi connectivity index (χ4n) is 5.97. The van der Waals surface area contributed by atoms with E-state index >= 15 is 0 Å². The second-order valence-corrected chi connectivity index (χ2v) is 10.4. The average molecular weight is 498 g/mol. The van der Waals surface area contributed by atoms with Crippen molar-refractivity contribution in [2.75, 3.05) is 19.6 Å². The Morgan fingerprint density at radius 3 is 2.47 bits per heavy atom. The minimum Gasteiger partial charge on any atom is -0.356 e. The first-order chi connectivity index (χ1) is 17.5. The lowest BCUT2D eigenvalue weighted by Crippen LogP contribution is -2.67. The van der Waals surface area contributed by atoms with Crippen molar-refractivity contribution in [2.45, 2.75) is 31.2 Å². The molecule has 4 aromatic rings. The molecule has 1 aromatic heterocycles. The molecule has 0 saturated carbocycles.